The lowest BCUT2D eigenvalue weighted by Crippen LogP contribution is -2.15. The van der Waals surface area contributed by atoms with Crippen LogP contribution in [0.4, 0.5) is 0 Å². The fourth-order valence-corrected chi connectivity index (χ4v) is 1.96. The van der Waals surface area contributed by atoms with Crippen molar-refractivity contribution in [3.05, 3.63) is 47.9 Å². The second-order valence-corrected chi connectivity index (χ2v) is 4.52. The summed E-state index contributed by atoms with van der Waals surface area (Å²) in [5, 5.41) is 8.97. The molecule has 1 aromatic rings. The van der Waals surface area contributed by atoms with Crippen LogP contribution in [-0.4, -0.2) is 19.2 Å². The maximum atomic E-state index is 11.5. The Morgan fingerprint density at radius 2 is 2.29 bits per heavy atom. The van der Waals surface area contributed by atoms with Crippen molar-refractivity contribution >= 4 is 5.97 Å². The maximum absolute atomic E-state index is 11.5. The van der Waals surface area contributed by atoms with E-state index in [4.69, 9.17) is 19.5 Å². The first-order chi connectivity index (χ1) is 10.2. The zero-order valence-corrected chi connectivity index (χ0v) is 11.8. The van der Waals surface area contributed by atoms with Gasteiger partial charge in [0, 0.05) is 0 Å². The van der Waals surface area contributed by atoms with Gasteiger partial charge in [-0.05, 0) is 25.0 Å². The highest BCUT2D eigenvalue weighted by Crippen LogP contribution is 2.28. The smallest absolute Gasteiger partial charge is 0.323 e. The quantitative estimate of drug-likeness (QED) is 0.779. The van der Waals surface area contributed by atoms with Crippen molar-refractivity contribution in [3.63, 3.8) is 0 Å². The summed E-state index contributed by atoms with van der Waals surface area (Å²) in [5.74, 6) is -0.997. The first-order valence-electron chi connectivity index (χ1n) is 6.85. The van der Waals surface area contributed by atoms with Gasteiger partial charge in [0.05, 0.1) is 12.7 Å². The number of hydrogen-bond donors (Lipinski definition) is 0. The van der Waals surface area contributed by atoms with Crippen LogP contribution in [-0.2, 0) is 19.0 Å². The number of allylic oxidation sites excluding steroid dienone is 1. The van der Waals surface area contributed by atoms with E-state index in [0.29, 0.717) is 12.6 Å². The van der Waals surface area contributed by atoms with E-state index in [-0.39, 0.29) is 19.1 Å². The van der Waals surface area contributed by atoms with E-state index in [9.17, 15) is 4.79 Å². The topological polar surface area (TPSA) is 68.6 Å². The average molecular weight is 287 g/mol. The Morgan fingerprint density at radius 1 is 1.52 bits per heavy atom. The van der Waals surface area contributed by atoms with Gasteiger partial charge in [-0.2, -0.15) is 5.26 Å². The van der Waals surface area contributed by atoms with Gasteiger partial charge in [0.25, 0.3) is 5.95 Å². The molecule has 0 N–H and O–H groups in total. The number of carbonyl (C=O) groups excluding carboxylic acids is 1. The van der Waals surface area contributed by atoms with Gasteiger partial charge in [-0.15, -0.1) is 0 Å². The Morgan fingerprint density at radius 3 is 2.95 bits per heavy atom. The van der Waals surface area contributed by atoms with Gasteiger partial charge in [0.15, 0.2) is 6.10 Å². The van der Waals surface area contributed by atoms with Gasteiger partial charge in [-0.25, -0.2) is 0 Å². The second-order valence-electron chi connectivity index (χ2n) is 4.52. The number of carbonyl (C=O) groups is 1. The van der Waals surface area contributed by atoms with Crippen molar-refractivity contribution in [3.8, 4) is 6.07 Å². The fraction of sp³-hybridized carbons (Fsp3) is 0.375. The van der Waals surface area contributed by atoms with Gasteiger partial charge in [-0.1, -0.05) is 30.3 Å². The van der Waals surface area contributed by atoms with E-state index >= 15 is 0 Å². The molecule has 0 spiro atoms. The molecule has 110 valence electrons. The SMILES string of the molecule is CCOC(=O)C(C#N)CC=C1OCC(c2ccccc2)O1. The molecular formula is C16H17NO4. The molecule has 2 rings (SSSR count). The summed E-state index contributed by atoms with van der Waals surface area (Å²) >= 11 is 0. The van der Waals surface area contributed by atoms with E-state index in [2.05, 4.69) is 0 Å². The molecule has 2 unspecified atom stereocenters. The van der Waals surface area contributed by atoms with Crippen LogP contribution < -0.4 is 0 Å². The second kappa shape index (κ2) is 7.34. The first kappa shape index (κ1) is 14.9. The van der Waals surface area contributed by atoms with E-state index in [1.807, 2.05) is 36.4 Å². The molecule has 5 heteroatoms. The Balaban J connectivity index is 1.92. The summed E-state index contributed by atoms with van der Waals surface area (Å²) in [7, 11) is 0. The third-order valence-corrected chi connectivity index (χ3v) is 3.05. The summed E-state index contributed by atoms with van der Waals surface area (Å²) in [5.41, 5.74) is 1.03. The van der Waals surface area contributed by atoms with Crippen LogP contribution in [0.15, 0.2) is 42.4 Å². The molecule has 0 saturated carbocycles. The highest BCUT2D eigenvalue weighted by molar-refractivity contribution is 5.75. The third-order valence-electron chi connectivity index (χ3n) is 3.05. The maximum Gasteiger partial charge on any atom is 0.323 e. The number of ether oxygens (including phenoxy) is 3. The minimum Gasteiger partial charge on any atom is -0.465 e. The summed E-state index contributed by atoms with van der Waals surface area (Å²) < 4.78 is 15.9. The summed E-state index contributed by atoms with van der Waals surface area (Å²) in [6.07, 6.45) is 1.68. The van der Waals surface area contributed by atoms with Crippen LogP contribution in [0.3, 0.4) is 0 Å². The van der Waals surface area contributed by atoms with Gasteiger partial charge in [-0.3, -0.25) is 4.79 Å². The monoisotopic (exact) mass is 287 g/mol. The van der Waals surface area contributed by atoms with E-state index in [0.717, 1.165) is 5.56 Å². The van der Waals surface area contributed by atoms with Crippen LogP contribution in [0.1, 0.15) is 25.0 Å². The fourth-order valence-electron chi connectivity index (χ4n) is 1.96. The van der Waals surface area contributed by atoms with E-state index < -0.39 is 11.9 Å². The number of esters is 1. The molecule has 0 bridgehead atoms. The highest BCUT2D eigenvalue weighted by atomic mass is 16.7. The number of nitriles is 1. The first-order valence-corrected chi connectivity index (χ1v) is 6.85. The predicted octanol–water partition coefficient (Wildman–Crippen LogP) is 2.71. The zero-order chi connectivity index (χ0) is 15.1. The molecule has 1 saturated heterocycles. The normalized spacial score (nSPS) is 20.2. The average Bonchev–Trinajstić information content (AvgIpc) is 2.98. The number of benzene rings is 1. The Bertz CT molecular complexity index is 547. The van der Waals surface area contributed by atoms with Crippen LogP contribution in [0.2, 0.25) is 0 Å². The molecular weight excluding hydrogens is 270 g/mol. The molecule has 0 radical (unpaired) electrons. The van der Waals surface area contributed by atoms with Crippen molar-refractivity contribution in [2.45, 2.75) is 19.4 Å². The highest BCUT2D eigenvalue weighted by Gasteiger charge is 2.25. The molecule has 2 atom stereocenters. The molecule has 1 aromatic carbocycles. The van der Waals surface area contributed by atoms with Gasteiger partial charge in [0.2, 0.25) is 0 Å². The molecule has 0 aromatic heterocycles. The van der Waals surface area contributed by atoms with Crippen molar-refractivity contribution in [1.29, 1.82) is 5.26 Å². The van der Waals surface area contributed by atoms with E-state index in [1.165, 1.54) is 0 Å². The number of rotatable bonds is 5. The lowest BCUT2D eigenvalue weighted by atomic mass is 10.1. The van der Waals surface area contributed by atoms with Crippen molar-refractivity contribution < 1.29 is 19.0 Å². The van der Waals surface area contributed by atoms with E-state index in [1.54, 1.807) is 13.0 Å². The van der Waals surface area contributed by atoms with Gasteiger partial charge in [0.1, 0.15) is 12.5 Å². The molecule has 1 aliphatic heterocycles. The Labute approximate surface area is 123 Å². The van der Waals surface area contributed by atoms with Crippen molar-refractivity contribution in [2.24, 2.45) is 5.92 Å². The van der Waals surface area contributed by atoms with Crippen molar-refractivity contribution in [1.82, 2.24) is 0 Å². The Kier molecular flexibility index (Phi) is 5.22. The zero-order valence-electron chi connectivity index (χ0n) is 11.8. The molecule has 1 fully saturated rings. The lowest BCUT2D eigenvalue weighted by Gasteiger charge is -2.07. The molecule has 0 aliphatic carbocycles. The lowest BCUT2D eigenvalue weighted by molar-refractivity contribution is -0.145. The Hall–Kier alpha value is -2.48. The third kappa shape index (κ3) is 3.99. The minimum absolute atomic E-state index is 0.152. The van der Waals surface area contributed by atoms with Gasteiger partial charge < -0.3 is 14.2 Å². The molecule has 5 nitrogen and oxygen atoms in total. The van der Waals surface area contributed by atoms with Crippen LogP contribution in [0, 0.1) is 17.2 Å². The predicted molar refractivity (Wildman–Crippen MR) is 74.7 cm³/mol. The van der Waals surface area contributed by atoms with Crippen LogP contribution >= 0.6 is 0 Å². The standard InChI is InChI=1S/C16H17NO4/c1-2-19-16(18)13(10-17)8-9-15-20-11-14(21-15)12-6-4-3-5-7-12/h3-7,9,13-14H,2,8,11H2,1H3. The molecule has 0 amide bonds. The summed E-state index contributed by atoms with van der Waals surface area (Å²) in [6, 6.07) is 11.7. The summed E-state index contributed by atoms with van der Waals surface area (Å²) in [4.78, 5) is 11.5. The van der Waals surface area contributed by atoms with Crippen molar-refractivity contribution in [2.75, 3.05) is 13.2 Å². The molecule has 1 aliphatic rings. The number of nitrogens with zero attached hydrogens (tertiary/aromatic N) is 1. The largest absolute Gasteiger partial charge is 0.465 e. The molecule has 1 heterocycles. The molecule has 21 heavy (non-hydrogen) atoms. The minimum atomic E-state index is -0.833. The van der Waals surface area contributed by atoms with Crippen LogP contribution in [0.5, 0.6) is 0 Å². The summed E-state index contributed by atoms with van der Waals surface area (Å²) in [6.45, 7) is 2.39. The number of hydrogen-bond acceptors (Lipinski definition) is 5. The van der Waals surface area contributed by atoms with Gasteiger partial charge >= 0.3 is 5.97 Å². The van der Waals surface area contributed by atoms with Crippen LogP contribution in [0.25, 0.3) is 0 Å².